The molecule has 128 valence electrons. The summed E-state index contributed by atoms with van der Waals surface area (Å²) in [5.74, 6) is -0.123. The van der Waals surface area contributed by atoms with Gasteiger partial charge in [-0.1, -0.05) is 0 Å². The van der Waals surface area contributed by atoms with Crippen LogP contribution in [-0.4, -0.2) is 43.0 Å². The Kier molecular flexibility index (Phi) is 5.24. The third kappa shape index (κ3) is 3.91. The number of ether oxygens (including phenoxy) is 2. The average molecular weight is 325 g/mol. The number of nitrogens with zero attached hydrogens (tertiary/aromatic N) is 1. The molecular weight excluding hydrogens is 302 g/mol. The van der Waals surface area contributed by atoms with E-state index in [0.29, 0.717) is 12.0 Å². The monoisotopic (exact) mass is 325 g/mol. The molecule has 0 saturated carbocycles. The third-order valence-corrected chi connectivity index (χ3v) is 3.42. The number of likely N-dealkylation sites (N-methyl/N-ethyl adjacent to an activating group) is 1. The van der Waals surface area contributed by atoms with Crippen LogP contribution in [0.4, 0.5) is 4.79 Å². The fourth-order valence-corrected chi connectivity index (χ4v) is 1.87. The zero-order chi connectivity index (χ0) is 18.0. The highest BCUT2D eigenvalue weighted by Crippen LogP contribution is 2.30. The number of rotatable bonds is 4. The molecule has 1 rings (SSSR count). The summed E-state index contributed by atoms with van der Waals surface area (Å²) < 4.78 is 15.4. The first kappa shape index (κ1) is 18.7. The standard InChI is InChI=1S/C16H23NO6/c1-10-11(13(19)21-7)8-12(22-10)16(5,9-18)17(6)14(20)23-15(2,3)4/h8-9H,1-7H3. The highest BCUT2D eigenvalue weighted by molar-refractivity contribution is 5.91. The molecule has 7 heteroatoms. The highest BCUT2D eigenvalue weighted by atomic mass is 16.6. The molecule has 1 unspecified atom stereocenters. The van der Waals surface area contributed by atoms with Crippen LogP contribution in [0.3, 0.4) is 0 Å². The van der Waals surface area contributed by atoms with Crippen molar-refractivity contribution in [2.75, 3.05) is 14.2 Å². The van der Waals surface area contributed by atoms with Crippen LogP contribution in [0.25, 0.3) is 0 Å². The van der Waals surface area contributed by atoms with Crippen LogP contribution in [0.15, 0.2) is 10.5 Å². The molecule has 0 bridgehead atoms. The van der Waals surface area contributed by atoms with Gasteiger partial charge in [0, 0.05) is 7.05 Å². The summed E-state index contributed by atoms with van der Waals surface area (Å²) in [4.78, 5) is 36.7. The molecule has 1 aromatic rings. The molecule has 0 aliphatic rings. The maximum atomic E-state index is 12.2. The number of carbonyl (C=O) groups excluding carboxylic acids is 3. The van der Waals surface area contributed by atoms with Crippen molar-refractivity contribution in [3.8, 4) is 0 Å². The van der Waals surface area contributed by atoms with Gasteiger partial charge in [0.05, 0.1) is 7.11 Å². The molecule has 23 heavy (non-hydrogen) atoms. The van der Waals surface area contributed by atoms with E-state index in [1.807, 2.05) is 0 Å². The first-order valence-electron chi connectivity index (χ1n) is 7.08. The Hall–Kier alpha value is -2.31. The van der Waals surface area contributed by atoms with E-state index in [0.717, 1.165) is 4.90 Å². The molecule has 1 amide bonds. The number of methoxy groups -OCH3 is 1. The summed E-state index contributed by atoms with van der Waals surface area (Å²) in [5, 5.41) is 0. The summed E-state index contributed by atoms with van der Waals surface area (Å²) in [7, 11) is 2.68. The van der Waals surface area contributed by atoms with Gasteiger partial charge in [-0.05, 0) is 40.7 Å². The minimum Gasteiger partial charge on any atom is -0.465 e. The number of furan rings is 1. The van der Waals surface area contributed by atoms with Crippen molar-refractivity contribution in [3.05, 3.63) is 23.2 Å². The molecule has 7 nitrogen and oxygen atoms in total. The normalized spacial score (nSPS) is 13.9. The van der Waals surface area contributed by atoms with E-state index in [1.54, 1.807) is 27.7 Å². The largest absolute Gasteiger partial charge is 0.465 e. The zero-order valence-electron chi connectivity index (χ0n) is 14.6. The third-order valence-electron chi connectivity index (χ3n) is 3.42. The minimum atomic E-state index is -1.42. The van der Waals surface area contributed by atoms with Crippen LogP contribution >= 0.6 is 0 Å². The summed E-state index contributed by atoms with van der Waals surface area (Å²) in [6, 6.07) is 1.40. The van der Waals surface area contributed by atoms with E-state index >= 15 is 0 Å². The first-order chi connectivity index (χ1) is 10.5. The van der Waals surface area contributed by atoms with Gasteiger partial charge in [0.15, 0.2) is 11.8 Å². The number of hydrogen-bond acceptors (Lipinski definition) is 6. The fraction of sp³-hybridized carbons (Fsp3) is 0.562. The van der Waals surface area contributed by atoms with Crippen LogP contribution in [0.5, 0.6) is 0 Å². The number of carbonyl (C=O) groups is 3. The topological polar surface area (TPSA) is 86.1 Å². The van der Waals surface area contributed by atoms with Crippen molar-refractivity contribution < 1.29 is 28.3 Å². The van der Waals surface area contributed by atoms with Crippen LogP contribution < -0.4 is 0 Å². The number of esters is 1. The average Bonchev–Trinajstić information content (AvgIpc) is 2.85. The van der Waals surface area contributed by atoms with Crippen LogP contribution in [0.1, 0.15) is 49.6 Å². The summed E-state index contributed by atoms with van der Waals surface area (Å²) >= 11 is 0. The van der Waals surface area contributed by atoms with Gasteiger partial charge < -0.3 is 18.7 Å². The first-order valence-corrected chi connectivity index (χ1v) is 7.08. The Bertz CT molecular complexity index is 613. The lowest BCUT2D eigenvalue weighted by Crippen LogP contribution is -2.48. The molecule has 0 fully saturated rings. The minimum absolute atomic E-state index is 0.152. The van der Waals surface area contributed by atoms with Gasteiger partial charge in [0.1, 0.15) is 22.7 Å². The lowest BCUT2D eigenvalue weighted by atomic mass is 9.99. The number of aldehydes is 1. The molecule has 1 aromatic heterocycles. The van der Waals surface area contributed by atoms with Gasteiger partial charge >= 0.3 is 12.1 Å². The number of hydrogen-bond donors (Lipinski definition) is 0. The molecule has 0 aromatic carbocycles. The molecule has 0 radical (unpaired) electrons. The van der Waals surface area contributed by atoms with E-state index in [1.165, 1.54) is 27.1 Å². The van der Waals surface area contributed by atoms with Crippen LogP contribution in [0.2, 0.25) is 0 Å². The molecule has 0 aliphatic carbocycles. The van der Waals surface area contributed by atoms with Gasteiger partial charge in [-0.2, -0.15) is 0 Å². The van der Waals surface area contributed by atoms with Crippen LogP contribution in [0, 0.1) is 6.92 Å². The number of aryl methyl sites for hydroxylation is 1. The van der Waals surface area contributed by atoms with Crippen LogP contribution in [-0.2, 0) is 19.8 Å². The highest BCUT2D eigenvalue weighted by Gasteiger charge is 2.40. The van der Waals surface area contributed by atoms with Crippen molar-refractivity contribution >= 4 is 18.3 Å². The Morgan fingerprint density at radius 3 is 2.26 bits per heavy atom. The summed E-state index contributed by atoms with van der Waals surface area (Å²) in [6.45, 7) is 8.26. The smallest absolute Gasteiger partial charge is 0.411 e. The Balaban J connectivity index is 3.21. The van der Waals surface area contributed by atoms with E-state index in [4.69, 9.17) is 9.15 Å². The molecule has 0 N–H and O–H groups in total. The zero-order valence-corrected chi connectivity index (χ0v) is 14.6. The van der Waals surface area contributed by atoms with E-state index < -0.39 is 23.2 Å². The summed E-state index contributed by atoms with van der Waals surface area (Å²) in [6.07, 6.45) is -0.114. The van der Waals surface area contributed by atoms with E-state index in [-0.39, 0.29) is 11.3 Å². The van der Waals surface area contributed by atoms with Gasteiger partial charge in [0.25, 0.3) is 0 Å². The molecule has 1 heterocycles. The second-order valence-electron chi connectivity index (χ2n) is 6.38. The summed E-state index contributed by atoms with van der Waals surface area (Å²) in [5.41, 5.74) is -1.92. The predicted octanol–water partition coefficient (Wildman–Crippen LogP) is 2.66. The Morgan fingerprint density at radius 2 is 1.83 bits per heavy atom. The lowest BCUT2D eigenvalue weighted by molar-refractivity contribution is -0.118. The van der Waals surface area contributed by atoms with Crippen molar-refractivity contribution in [1.82, 2.24) is 4.90 Å². The van der Waals surface area contributed by atoms with Crippen molar-refractivity contribution in [2.24, 2.45) is 0 Å². The van der Waals surface area contributed by atoms with Gasteiger partial charge in [-0.15, -0.1) is 0 Å². The van der Waals surface area contributed by atoms with E-state index in [9.17, 15) is 14.4 Å². The maximum Gasteiger partial charge on any atom is 0.411 e. The molecule has 0 saturated heterocycles. The van der Waals surface area contributed by atoms with Crippen molar-refractivity contribution in [2.45, 2.75) is 45.8 Å². The Labute approximate surface area is 135 Å². The molecular formula is C16H23NO6. The quantitative estimate of drug-likeness (QED) is 0.625. The molecule has 0 aliphatic heterocycles. The SMILES string of the molecule is COC(=O)c1cc(C(C)(C=O)N(C)C(=O)OC(C)(C)C)oc1C. The predicted molar refractivity (Wildman–Crippen MR) is 82.2 cm³/mol. The van der Waals surface area contributed by atoms with Gasteiger partial charge in [-0.25, -0.2) is 9.59 Å². The molecule has 0 spiro atoms. The molecule has 1 atom stereocenters. The van der Waals surface area contributed by atoms with Crippen molar-refractivity contribution in [3.63, 3.8) is 0 Å². The lowest BCUT2D eigenvalue weighted by Gasteiger charge is -2.33. The second kappa shape index (κ2) is 6.44. The Morgan fingerprint density at radius 1 is 1.26 bits per heavy atom. The fourth-order valence-electron chi connectivity index (χ4n) is 1.87. The maximum absolute atomic E-state index is 12.2. The van der Waals surface area contributed by atoms with Gasteiger partial charge in [-0.3, -0.25) is 4.90 Å². The second-order valence-corrected chi connectivity index (χ2v) is 6.38. The van der Waals surface area contributed by atoms with Gasteiger partial charge in [0.2, 0.25) is 0 Å². The van der Waals surface area contributed by atoms with Crippen molar-refractivity contribution in [1.29, 1.82) is 0 Å². The number of amides is 1. The van der Waals surface area contributed by atoms with E-state index in [2.05, 4.69) is 4.74 Å².